The van der Waals surface area contributed by atoms with E-state index in [4.69, 9.17) is 0 Å². The van der Waals surface area contributed by atoms with E-state index in [0.29, 0.717) is 18.8 Å². The van der Waals surface area contributed by atoms with E-state index >= 15 is 0 Å². The van der Waals surface area contributed by atoms with Gasteiger partial charge in [0.25, 0.3) is 0 Å². The first kappa shape index (κ1) is 15.9. The molecule has 0 heterocycles. The summed E-state index contributed by atoms with van der Waals surface area (Å²) in [5, 5.41) is 9.61. The fourth-order valence-corrected chi connectivity index (χ4v) is 3.44. The Morgan fingerprint density at radius 1 is 1.33 bits per heavy atom. The zero-order chi connectivity index (χ0) is 15.5. The van der Waals surface area contributed by atoms with Crippen molar-refractivity contribution in [1.82, 2.24) is 0 Å². The van der Waals surface area contributed by atoms with Crippen LogP contribution in [0.1, 0.15) is 51.0 Å². The Kier molecular flexibility index (Phi) is 4.96. The summed E-state index contributed by atoms with van der Waals surface area (Å²) in [7, 11) is 0. The van der Waals surface area contributed by atoms with Gasteiger partial charge in [0.05, 0.1) is 5.41 Å². The SMILES string of the molecule is CCCC1CCC(Cc2cc(F)ccc2F)(C(=O)O)CC1. The molecule has 21 heavy (non-hydrogen) atoms. The molecule has 0 aromatic heterocycles. The van der Waals surface area contributed by atoms with Crippen molar-refractivity contribution in [2.24, 2.45) is 11.3 Å². The molecule has 4 heteroatoms. The van der Waals surface area contributed by atoms with Gasteiger partial charge in [-0.25, -0.2) is 8.78 Å². The fourth-order valence-electron chi connectivity index (χ4n) is 3.44. The summed E-state index contributed by atoms with van der Waals surface area (Å²) in [4.78, 5) is 11.7. The molecule has 2 rings (SSSR count). The number of hydrogen-bond donors (Lipinski definition) is 1. The lowest BCUT2D eigenvalue weighted by atomic mass is 9.66. The maximum atomic E-state index is 13.8. The maximum Gasteiger partial charge on any atom is 0.309 e. The van der Waals surface area contributed by atoms with Crippen molar-refractivity contribution < 1.29 is 18.7 Å². The van der Waals surface area contributed by atoms with Crippen LogP contribution in [0, 0.1) is 23.0 Å². The van der Waals surface area contributed by atoms with Gasteiger partial charge >= 0.3 is 5.97 Å². The second-order valence-electron chi connectivity index (χ2n) is 6.23. The van der Waals surface area contributed by atoms with Crippen LogP contribution in [0.2, 0.25) is 0 Å². The van der Waals surface area contributed by atoms with E-state index in [1.54, 1.807) is 0 Å². The highest BCUT2D eigenvalue weighted by molar-refractivity contribution is 5.75. The summed E-state index contributed by atoms with van der Waals surface area (Å²) in [6.07, 6.45) is 5.10. The molecule has 0 aliphatic heterocycles. The number of aliphatic carboxylic acids is 1. The highest BCUT2D eigenvalue weighted by atomic mass is 19.1. The molecule has 0 spiro atoms. The molecule has 116 valence electrons. The highest BCUT2D eigenvalue weighted by Crippen LogP contribution is 2.43. The van der Waals surface area contributed by atoms with Gasteiger partial charge in [-0.05, 0) is 61.8 Å². The minimum Gasteiger partial charge on any atom is -0.481 e. The number of carboxylic acid groups (broad SMARTS) is 1. The van der Waals surface area contributed by atoms with Crippen molar-refractivity contribution in [2.75, 3.05) is 0 Å². The molecule has 1 aliphatic carbocycles. The smallest absolute Gasteiger partial charge is 0.309 e. The Labute approximate surface area is 124 Å². The van der Waals surface area contributed by atoms with Crippen LogP contribution in [0.5, 0.6) is 0 Å². The first-order chi connectivity index (χ1) is 9.97. The minimum atomic E-state index is -0.946. The third-order valence-corrected chi connectivity index (χ3v) is 4.75. The van der Waals surface area contributed by atoms with Gasteiger partial charge < -0.3 is 5.11 Å². The van der Waals surface area contributed by atoms with Crippen molar-refractivity contribution in [1.29, 1.82) is 0 Å². The van der Waals surface area contributed by atoms with Crippen molar-refractivity contribution in [3.05, 3.63) is 35.4 Å². The Hall–Kier alpha value is -1.45. The summed E-state index contributed by atoms with van der Waals surface area (Å²) in [5.41, 5.74) is -0.773. The Morgan fingerprint density at radius 2 is 2.00 bits per heavy atom. The van der Waals surface area contributed by atoms with E-state index in [1.807, 2.05) is 0 Å². The lowest BCUT2D eigenvalue weighted by molar-refractivity contribution is -0.151. The summed E-state index contributed by atoms with van der Waals surface area (Å²) in [6, 6.07) is 3.26. The molecule has 0 radical (unpaired) electrons. The van der Waals surface area contributed by atoms with Crippen LogP contribution in [0.25, 0.3) is 0 Å². The van der Waals surface area contributed by atoms with Gasteiger partial charge in [-0.15, -0.1) is 0 Å². The van der Waals surface area contributed by atoms with Crippen molar-refractivity contribution >= 4 is 5.97 Å². The third-order valence-electron chi connectivity index (χ3n) is 4.75. The molecule has 0 bridgehead atoms. The second kappa shape index (κ2) is 6.54. The molecule has 1 aromatic rings. The van der Waals surface area contributed by atoms with Crippen molar-refractivity contribution in [2.45, 2.75) is 51.9 Å². The fraction of sp³-hybridized carbons (Fsp3) is 0.588. The van der Waals surface area contributed by atoms with Crippen LogP contribution in [0.4, 0.5) is 8.78 Å². The highest BCUT2D eigenvalue weighted by Gasteiger charge is 2.42. The monoisotopic (exact) mass is 296 g/mol. The van der Waals surface area contributed by atoms with Crippen LogP contribution < -0.4 is 0 Å². The maximum absolute atomic E-state index is 13.8. The molecule has 0 atom stereocenters. The second-order valence-corrected chi connectivity index (χ2v) is 6.23. The predicted molar refractivity (Wildman–Crippen MR) is 77.0 cm³/mol. The van der Waals surface area contributed by atoms with Crippen LogP contribution in [0.3, 0.4) is 0 Å². The van der Waals surface area contributed by atoms with Gasteiger partial charge in [-0.2, -0.15) is 0 Å². The summed E-state index contributed by atoms with van der Waals surface area (Å²) in [5.74, 6) is -1.36. The van der Waals surface area contributed by atoms with E-state index in [1.165, 1.54) is 0 Å². The van der Waals surface area contributed by atoms with Gasteiger partial charge in [0.2, 0.25) is 0 Å². The normalized spacial score (nSPS) is 25.8. The first-order valence-electron chi connectivity index (χ1n) is 7.64. The predicted octanol–water partition coefficient (Wildman–Crippen LogP) is 4.57. The average molecular weight is 296 g/mol. The average Bonchev–Trinajstić information content (AvgIpc) is 2.45. The summed E-state index contributed by atoms with van der Waals surface area (Å²) >= 11 is 0. The molecule has 1 aliphatic rings. The third kappa shape index (κ3) is 3.60. The van der Waals surface area contributed by atoms with Crippen molar-refractivity contribution in [3.63, 3.8) is 0 Å². The number of halogens is 2. The topological polar surface area (TPSA) is 37.3 Å². The standard InChI is InChI=1S/C17H22F2O2/c1-2-3-12-6-8-17(9-7-12,16(20)21)11-13-10-14(18)4-5-15(13)19/h4-5,10,12H,2-3,6-9,11H2,1H3,(H,20,21). The number of hydrogen-bond acceptors (Lipinski definition) is 1. The minimum absolute atomic E-state index is 0.0742. The van der Waals surface area contributed by atoms with Gasteiger partial charge in [0.15, 0.2) is 0 Å². The summed E-state index contributed by atoms with van der Waals surface area (Å²) in [6.45, 7) is 2.13. The largest absolute Gasteiger partial charge is 0.481 e. The Morgan fingerprint density at radius 3 is 2.57 bits per heavy atom. The van der Waals surface area contributed by atoms with Crippen LogP contribution in [0.15, 0.2) is 18.2 Å². The molecular formula is C17H22F2O2. The molecule has 1 N–H and O–H groups in total. The van der Waals surface area contributed by atoms with Crippen LogP contribution in [-0.4, -0.2) is 11.1 Å². The lowest BCUT2D eigenvalue weighted by Crippen LogP contribution is -2.37. The van der Waals surface area contributed by atoms with E-state index in [-0.39, 0.29) is 12.0 Å². The zero-order valence-electron chi connectivity index (χ0n) is 12.4. The zero-order valence-corrected chi connectivity index (χ0v) is 12.4. The molecule has 0 unspecified atom stereocenters. The molecule has 0 amide bonds. The van der Waals surface area contributed by atoms with Gasteiger partial charge in [0.1, 0.15) is 11.6 Å². The Balaban J connectivity index is 2.17. The lowest BCUT2D eigenvalue weighted by Gasteiger charge is -2.37. The van der Waals surface area contributed by atoms with Crippen LogP contribution >= 0.6 is 0 Å². The molecule has 1 fully saturated rings. The first-order valence-corrected chi connectivity index (χ1v) is 7.64. The van der Waals surface area contributed by atoms with E-state index in [9.17, 15) is 18.7 Å². The van der Waals surface area contributed by atoms with Gasteiger partial charge in [-0.3, -0.25) is 4.79 Å². The number of carboxylic acids is 1. The van der Waals surface area contributed by atoms with E-state index in [0.717, 1.165) is 43.9 Å². The number of rotatable bonds is 5. The molecule has 1 saturated carbocycles. The number of carbonyl (C=O) groups is 1. The van der Waals surface area contributed by atoms with Gasteiger partial charge in [-0.1, -0.05) is 19.8 Å². The van der Waals surface area contributed by atoms with E-state index in [2.05, 4.69) is 6.92 Å². The van der Waals surface area contributed by atoms with E-state index < -0.39 is 23.0 Å². The Bertz CT molecular complexity index is 506. The summed E-state index contributed by atoms with van der Waals surface area (Å²) < 4.78 is 27.1. The van der Waals surface area contributed by atoms with Crippen LogP contribution in [-0.2, 0) is 11.2 Å². The molecule has 1 aromatic carbocycles. The molecule has 0 saturated heterocycles. The number of benzene rings is 1. The molecule has 2 nitrogen and oxygen atoms in total. The quantitative estimate of drug-likeness (QED) is 0.864. The van der Waals surface area contributed by atoms with Gasteiger partial charge in [0, 0.05) is 0 Å². The van der Waals surface area contributed by atoms with Crippen molar-refractivity contribution in [3.8, 4) is 0 Å². The molecular weight excluding hydrogens is 274 g/mol.